The van der Waals surface area contributed by atoms with Crippen LogP contribution < -0.4 is 0 Å². The molecule has 15 heavy (non-hydrogen) atoms. The van der Waals surface area contributed by atoms with Gasteiger partial charge in [0.05, 0.1) is 6.61 Å². The molecule has 1 saturated carbocycles. The maximum absolute atomic E-state index is 11.6. The molecule has 1 N–H and O–H groups in total. The summed E-state index contributed by atoms with van der Waals surface area (Å²) in [7, 11) is 0. The van der Waals surface area contributed by atoms with Gasteiger partial charge in [-0.05, 0) is 38.5 Å². The van der Waals surface area contributed by atoms with E-state index in [1.165, 1.54) is 6.42 Å². The number of aliphatic hydroxyl groups is 1. The Hall–Kier alpha value is -0.570. The molecule has 88 valence electrons. The van der Waals surface area contributed by atoms with Gasteiger partial charge in [-0.15, -0.1) is 0 Å². The quantitative estimate of drug-likeness (QED) is 0.732. The fourth-order valence-corrected chi connectivity index (χ4v) is 2.39. The van der Waals surface area contributed by atoms with Crippen LogP contribution in [0, 0.1) is 11.8 Å². The average Bonchev–Trinajstić information content (AvgIpc) is 2.18. The van der Waals surface area contributed by atoms with Crippen LogP contribution in [0.2, 0.25) is 0 Å². The Morgan fingerprint density at radius 2 is 2.20 bits per heavy atom. The molecule has 0 spiro atoms. The van der Waals surface area contributed by atoms with Crippen molar-refractivity contribution >= 4 is 5.97 Å². The van der Waals surface area contributed by atoms with E-state index in [1.54, 1.807) is 13.8 Å². The van der Waals surface area contributed by atoms with Gasteiger partial charge in [0.1, 0.15) is 0 Å². The van der Waals surface area contributed by atoms with E-state index in [1.807, 2.05) is 0 Å². The van der Waals surface area contributed by atoms with E-state index in [-0.39, 0.29) is 5.92 Å². The number of esters is 1. The Bertz CT molecular complexity index is 223. The third-order valence-electron chi connectivity index (χ3n) is 3.42. The SMILES string of the molecule is CCOC(=O)C(C)(O)C1CCCC(C)C1. The first-order valence-electron chi connectivity index (χ1n) is 5.88. The first kappa shape index (κ1) is 12.5. The number of rotatable bonds is 3. The number of ether oxygens (including phenoxy) is 1. The molecule has 1 aliphatic rings. The summed E-state index contributed by atoms with van der Waals surface area (Å²) in [6, 6.07) is 0. The molecule has 1 aliphatic carbocycles. The zero-order valence-electron chi connectivity index (χ0n) is 9.95. The summed E-state index contributed by atoms with van der Waals surface area (Å²) >= 11 is 0. The summed E-state index contributed by atoms with van der Waals surface area (Å²) in [6.45, 7) is 5.86. The predicted octanol–water partition coefficient (Wildman–Crippen LogP) is 2.13. The van der Waals surface area contributed by atoms with E-state index in [9.17, 15) is 9.90 Å². The number of hydrogen-bond donors (Lipinski definition) is 1. The summed E-state index contributed by atoms with van der Waals surface area (Å²) in [4.78, 5) is 11.6. The molecule has 0 aromatic heterocycles. The largest absolute Gasteiger partial charge is 0.464 e. The Morgan fingerprint density at radius 3 is 2.73 bits per heavy atom. The Kier molecular flexibility index (Phi) is 4.14. The van der Waals surface area contributed by atoms with E-state index >= 15 is 0 Å². The van der Waals surface area contributed by atoms with Crippen molar-refractivity contribution in [2.45, 2.75) is 52.1 Å². The van der Waals surface area contributed by atoms with Crippen molar-refractivity contribution < 1.29 is 14.6 Å². The maximum Gasteiger partial charge on any atom is 0.338 e. The zero-order chi connectivity index (χ0) is 11.5. The molecule has 3 atom stereocenters. The van der Waals surface area contributed by atoms with Crippen molar-refractivity contribution in [2.75, 3.05) is 6.61 Å². The topological polar surface area (TPSA) is 46.5 Å². The summed E-state index contributed by atoms with van der Waals surface area (Å²) in [5, 5.41) is 10.2. The maximum atomic E-state index is 11.6. The molecule has 3 unspecified atom stereocenters. The second-order valence-corrected chi connectivity index (χ2v) is 4.84. The second kappa shape index (κ2) is 4.97. The molecular weight excluding hydrogens is 192 g/mol. The van der Waals surface area contributed by atoms with Crippen LogP contribution in [0.3, 0.4) is 0 Å². The molecule has 0 aromatic rings. The first-order chi connectivity index (χ1) is 6.98. The van der Waals surface area contributed by atoms with Gasteiger partial charge in [-0.1, -0.05) is 19.8 Å². The first-order valence-corrected chi connectivity index (χ1v) is 5.88. The highest BCUT2D eigenvalue weighted by Crippen LogP contribution is 2.36. The van der Waals surface area contributed by atoms with Crippen LogP contribution >= 0.6 is 0 Å². The van der Waals surface area contributed by atoms with Gasteiger partial charge in [0, 0.05) is 0 Å². The fraction of sp³-hybridized carbons (Fsp3) is 0.917. The lowest BCUT2D eigenvalue weighted by Gasteiger charge is -2.35. The normalized spacial score (nSPS) is 30.7. The minimum Gasteiger partial charge on any atom is -0.464 e. The van der Waals surface area contributed by atoms with Gasteiger partial charge < -0.3 is 9.84 Å². The van der Waals surface area contributed by atoms with E-state index in [2.05, 4.69) is 6.92 Å². The minimum atomic E-state index is -1.30. The number of hydrogen-bond acceptors (Lipinski definition) is 3. The van der Waals surface area contributed by atoms with E-state index < -0.39 is 11.6 Å². The standard InChI is InChI=1S/C12H22O3/c1-4-15-11(13)12(3,14)10-7-5-6-9(2)8-10/h9-10,14H,4-8H2,1-3H3. The molecule has 0 radical (unpaired) electrons. The number of carbonyl (C=O) groups is 1. The smallest absolute Gasteiger partial charge is 0.338 e. The molecule has 0 amide bonds. The lowest BCUT2D eigenvalue weighted by atomic mass is 9.74. The number of carbonyl (C=O) groups excluding carboxylic acids is 1. The lowest BCUT2D eigenvalue weighted by molar-refractivity contribution is -0.171. The van der Waals surface area contributed by atoms with E-state index in [4.69, 9.17) is 4.74 Å². The van der Waals surface area contributed by atoms with E-state index in [0.717, 1.165) is 19.3 Å². The van der Waals surface area contributed by atoms with Crippen molar-refractivity contribution in [2.24, 2.45) is 11.8 Å². The molecule has 0 aromatic carbocycles. The minimum absolute atomic E-state index is 0.0558. The second-order valence-electron chi connectivity index (χ2n) is 4.84. The van der Waals surface area contributed by atoms with Gasteiger partial charge in [0.15, 0.2) is 5.60 Å². The van der Waals surface area contributed by atoms with Crippen LogP contribution in [-0.4, -0.2) is 23.3 Å². The molecule has 0 aliphatic heterocycles. The van der Waals surface area contributed by atoms with Gasteiger partial charge in [-0.3, -0.25) is 0 Å². The van der Waals surface area contributed by atoms with Gasteiger partial charge in [0.2, 0.25) is 0 Å². The summed E-state index contributed by atoms with van der Waals surface area (Å²) in [6.07, 6.45) is 4.15. The Morgan fingerprint density at radius 1 is 1.53 bits per heavy atom. The predicted molar refractivity (Wildman–Crippen MR) is 58.4 cm³/mol. The highest BCUT2D eigenvalue weighted by Gasteiger charge is 2.42. The lowest BCUT2D eigenvalue weighted by Crippen LogP contribution is -2.45. The molecule has 0 bridgehead atoms. The molecular formula is C12H22O3. The highest BCUT2D eigenvalue weighted by molar-refractivity contribution is 5.79. The van der Waals surface area contributed by atoms with Crippen molar-refractivity contribution in [1.82, 2.24) is 0 Å². The Labute approximate surface area is 91.8 Å². The van der Waals surface area contributed by atoms with Crippen LogP contribution in [0.25, 0.3) is 0 Å². The Balaban J connectivity index is 2.62. The van der Waals surface area contributed by atoms with Crippen LogP contribution in [0.4, 0.5) is 0 Å². The van der Waals surface area contributed by atoms with Crippen molar-refractivity contribution in [3.63, 3.8) is 0 Å². The van der Waals surface area contributed by atoms with Crippen molar-refractivity contribution in [3.8, 4) is 0 Å². The van der Waals surface area contributed by atoms with Gasteiger partial charge >= 0.3 is 5.97 Å². The molecule has 0 heterocycles. The molecule has 1 rings (SSSR count). The summed E-state index contributed by atoms with van der Waals surface area (Å²) < 4.78 is 4.91. The monoisotopic (exact) mass is 214 g/mol. The van der Waals surface area contributed by atoms with Crippen molar-refractivity contribution in [3.05, 3.63) is 0 Å². The third-order valence-corrected chi connectivity index (χ3v) is 3.42. The zero-order valence-corrected chi connectivity index (χ0v) is 9.95. The molecule has 0 saturated heterocycles. The van der Waals surface area contributed by atoms with E-state index in [0.29, 0.717) is 12.5 Å². The highest BCUT2D eigenvalue weighted by atomic mass is 16.5. The molecule has 1 fully saturated rings. The van der Waals surface area contributed by atoms with Crippen LogP contribution in [0.5, 0.6) is 0 Å². The molecule has 3 heteroatoms. The van der Waals surface area contributed by atoms with Crippen molar-refractivity contribution in [1.29, 1.82) is 0 Å². The third kappa shape index (κ3) is 2.94. The van der Waals surface area contributed by atoms with Gasteiger partial charge in [-0.2, -0.15) is 0 Å². The van der Waals surface area contributed by atoms with Crippen LogP contribution in [0.1, 0.15) is 46.5 Å². The molecule has 3 nitrogen and oxygen atoms in total. The summed E-state index contributed by atoms with van der Waals surface area (Å²) in [5.41, 5.74) is -1.30. The van der Waals surface area contributed by atoms with Gasteiger partial charge in [0.25, 0.3) is 0 Å². The fourth-order valence-electron chi connectivity index (χ4n) is 2.39. The van der Waals surface area contributed by atoms with Crippen LogP contribution in [0.15, 0.2) is 0 Å². The van der Waals surface area contributed by atoms with Crippen LogP contribution in [-0.2, 0) is 9.53 Å². The summed E-state index contributed by atoms with van der Waals surface area (Å²) in [5.74, 6) is 0.189. The van der Waals surface area contributed by atoms with Gasteiger partial charge in [-0.25, -0.2) is 4.79 Å². The average molecular weight is 214 g/mol.